The molecule has 154 valence electrons. The van der Waals surface area contributed by atoms with Crippen LogP contribution in [-0.4, -0.2) is 36.0 Å². The number of cyclic esters (lactones) is 1. The summed E-state index contributed by atoms with van der Waals surface area (Å²) >= 11 is 0. The van der Waals surface area contributed by atoms with Crippen molar-refractivity contribution in [2.75, 3.05) is 18.5 Å². The first-order chi connectivity index (χ1) is 14.3. The molecule has 2 aromatic rings. The fourth-order valence-electron chi connectivity index (χ4n) is 3.71. The standard InChI is InChI=1S/C23H23N3O4/c1-13-7-9-16(10-8-13)21-20-18(12-30-22(20)28)26(23(29)25-21)11-19(27)24-17-6-4-5-14(2)15(17)3/h4-10,21H,11-12H2,1-3H3,(H,24,27)(H,25,29)/t21-/m0/s1. The van der Waals surface area contributed by atoms with Crippen molar-refractivity contribution in [2.24, 2.45) is 0 Å². The van der Waals surface area contributed by atoms with Crippen molar-refractivity contribution < 1.29 is 19.1 Å². The molecule has 0 bridgehead atoms. The van der Waals surface area contributed by atoms with Gasteiger partial charge in [-0.05, 0) is 43.5 Å². The Balaban J connectivity index is 1.60. The third-order valence-electron chi connectivity index (χ3n) is 5.59. The van der Waals surface area contributed by atoms with E-state index in [9.17, 15) is 14.4 Å². The summed E-state index contributed by atoms with van der Waals surface area (Å²) in [6.45, 7) is 5.62. The fraction of sp³-hybridized carbons (Fsp3) is 0.261. The molecule has 7 heteroatoms. The minimum absolute atomic E-state index is 0.0271. The van der Waals surface area contributed by atoms with Crippen molar-refractivity contribution in [3.63, 3.8) is 0 Å². The molecular weight excluding hydrogens is 382 g/mol. The molecule has 2 aliphatic rings. The zero-order valence-corrected chi connectivity index (χ0v) is 17.1. The van der Waals surface area contributed by atoms with Crippen LogP contribution in [0.5, 0.6) is 0 Å². The number of esters is 1. The van der Waals surface area contributed by atoms with Gasteiger partial charge in [0.1, 0.15) is 13.2 Å². The van der Waals surface area contributed by atoms with E-state index in [4.69, 9.17) is 4.74 Å². The van der Waals surface area contributed by atoms with Crippen LogP contribution in [0.2, 0.25) is 0 Å². The number of nitrogens with zero attached hydrogens (tertiary/aromatic N) is 1. The Bertz CT molecular complexity index is 1070. The number of amides is 3. The predicted molar refractivity (Wildman–Crippen MR) is 112 cm³/mol. The summed E-state index contributed by atoms with van der Waals surface area (Å²) in [5, 5.41) is 5.69. The molecule has 0 unspecified atom stereocenters. The molecule has 7 nitrogen and oxygen atoms in total. The summed E-state index contributed by atoms with van der Waals surface area (Å²) in [4.78, 5) is 39.2. The van der Waals surface area contributed by atoms with E-state index in [1.807, 2.05) is 63.2 Å². The van der Waals surface area contributed by atoms with E-state index in [0.29, 0.717) is 17.0 Å². The van der Waals surface area contributed by atoms with E-state index < -0.39 is 18.0 Å². The topological polar surface area (TPSA) is 87.7 Å². The van der Waals surface area contributed by atoms with E-state index in [2.05, 4.69) is 10.6 Å². The van der Waals surface area contributed by atoms with Crippen molar-refractivity contribution in [3.05, 3.63) is 76.0 Å². The van der Waals surface area contributed by atoms with Gasteiger partial charge in [0, 0.05) is 5.69 Å². The van der Waals surface area contributed by atoms with Crippen molar-refractivity contribution in [1.29, 1.82) is 0 Å². The lowest BCUT2D eigenvalue weighted by atomic mass is 9.95. The summed E-state index contributed by atoms with van der Waals surface area (Å²) in [5.74, 6) is -0.825. The molecular formula is C23H23N3O4. The highest BCUT2D eigenvalue weighted by Gasteiger charge is 2.42. The Morgan fingerprint density at radius 3 is 2.60 bits per heavy atom. The van der Waals surface area contributed by atoms with Gasteiger partial charge >= 0.3 is 12.0 Å². The zero-order chi connectivity index (χ0) is 21.4. The lowest BCUT2D eigenvalue weighted by molar-refractivity contribution is -0.136. The molecule has 2 N–H and O–H groups in total. The van der Waals surface area contributed by atoms with Crippen LogP contribution in [-0.2, 0) is 14.3 Å². The summed E-state index contributed by atoms with van der Waals surface area (Å²) in [5.41, 5.74) is 5.40. The number of nitrogens with one attached hydrogen (secondary N) is 2. The highest BCUT2D eigenvalue weighted by atomic mass is 16.5. The summed E-state index contributed by atoms with van der Waals surface area (Å²) < 4.78 is 5.21. The molecule has 4 rings (SSSR count). The van der Waals surface area contributed by atoms with Crippen LogP contribution in [0.1, 0.15) is 28.3 Å². The maximum absolute atomic E-state index is 12.8. The van der Waals surface area contributed by atoms with Crippen LogP contribution < -0.4 is 10.6 Å². The van der Waals surface area contributed by atoms with Gasteiger partial charge in [0.15, 0.2) is 0 Å². The van der Waals surface area contributed by atoms with Gasteiger partial charge in [-0.25, -0.2) is 9.59 Å². The molecule has 0 aromatic heterocycles. The largest absolute Gasteiger partial charge is 0.456 e. The normalized spacial score (nSPS) is 18.1. The average molecular weight is 405 g/mol. The summed E-state index contributed by atoms with van der Waals surface area (Å²) in [6, 6.07) is 12.2. The second-order valence-corrected chi connectivity index (χ2v) is 7.61. The Kier molecular flexibility index (Phi) is 5.03. The second-order valence-electron chi connectivity index (χ2n) is 7.61. The maximum atomic E-state index is 12.8. The van der Waals surface area contributed by atoms with Gasteiger partial charge in [-0.3, -0.25) is 9.69 Å². The van der Waals surface area contributed by atoms with E-state index >= 15 is 0 Å². The fourth-order valence-corrected chi connectivity index (χ4v) is 3.71. The minimum Gasteiger partial charge on any atom is -0.456 e. The first-order valence-corrected chi connectivity index (χ1v) is 9.76. The lowest BCUT2D eigenvalue weighted by Gasteiger charge is -2.32. The quantitative estimate of drug-likeness (QED) is 0.765. The maximum Gasteiger partial charge on any atom is 0.338 e. The molecule has 3 amide bonds. The van der Waals surface area contributed by atoms with Crippen molar-refractivity contribution in [2.45, 2.75) is 26.8 Å². The number of hydrogen-bond donors (Lipinski definition) is 2. The number of rotatable bonds is 4. The number of aryl methyl sites for hydroxylation is 2. The summed E-state index contributed by atoms with van der Waals surface area (Å²) in [7, 11) is 0. The van der Waals surface area contributed by atoms with Gasteiger partial charge in [0.25, 0.3) is 0 Å². The van der Waals surface area contributed by atoms with Gasteiger partial charge in [0.2, 0.25) is 5.91 Å². The Morgan fingerprint density at radius 2 is 1.87 bits per heavy atom. The first kappa shape index (κ1) is 19.7. The highest BCUT2D eigenvalue weighted by Crippen LogP contribution is 2.35. The van der Waals surface area contributed by atoms with Gasteiger partial charge in [-0.15, -0.1) is 0 Å². The summed E-state index contributed by atoms with van der Waals surface area (Å²) in [6.07, 6.45) is 0. The molecule has 1 atom stereocenters. The Morgan fingerprint density at radius 1 is 1.13 bits per heavy atom. The zero-order valence-electron chi connectivity index (χ0n) is 17.1. The minimum atomic E-state index is -0.596. The molecule has 0 fully saturated rings. The molecule has 0 saturated heterocycles. The van der Waals surface area contributed by atoms with Gasteiger partial charge in [-0.1, -0.05) is 42.0 Å². The van der Waals surface area contributed by atoms with Crippen LogP contribution in [0.3, 0.4) is 0 Å². The number of urea groups is 1. The smallest absolute Gasteiger partial charge is 0.338 e. The van der Waals surface area contributed by atoms with E-state index in [1.165, 1.54) is 4.90 Å². The Hall–Kier alpha value is -3.61. The van der Waals surface area contributed by atoms with Crippen molar-refractivity contribution in [1.82, 2.24) is 10.2 Å². The van der Waals surface area contributed by atoms with Gasteiger partial charge < -0.3 is 15.4 Å². The third kappa shape index (κ3) is 3.54. The van der Waals surface area contributed by atoms with Crippen LogP contribution in [0.15, 0.2) is 53.7 Å². The number of carbonyl (C=O) groups excluding carboxylic acids is 3. The number of benzene rings is 2. The SMILES string of the molecule is Cc1ccc([C@@H]2NC(=O)N(CC(=O)Nc3cccc(C)c3C)C3=C2C(=O)OC3)cc1. The van der Waals surface area contributed by atoms with Crippen molar-refractivity contribution in [3.8, 4) is 0 Å². The van der Waals surface area contributed by atoms with Crippen LogP contribution in [0.25, 0.3) is 0 Å². The predicted octanol–water partition coefficient (Wildman–Crippen LogP) is 3.13. The number of ether oxygens (including phenoxy) is 1. The monoisotopic (exact) mass is 405 g/mol. The molecule has 0 aliphatic carbocycles. The number of carbonyl (C=O) groups is 3. The highest BCUT2D eigenvalue weighted by molar-refractivity contribution is 6.00. The molecule has 0 saturated carbocycles. The molecule has 2 aromatic carbocycles. The van der Waals surface area contributed by atoms with Gasteiger partial charge in [0.05, 0.1) is 17.3 Å². The average Bonchev–Trinajstić information content (AvgIpc) is 3.10. The van der Waals surface area contributed by atoms with Crippen molar-refractivity contribution >= 4 is 23.6 Å². The molecule has 2 aliphatic heterocycles. The van der Waals surface area contributed by atoms with Crippen LogP contribution in [0.4, 0.5) is 10.5 Å². The third-order valence-corrected chi connectivity index (χ3v) is 5.59. The van der Waals surface area contributed by atoms with Crippen LogP contribution in [0, 0.1) is 20.8 Å². The van der Waals surface area contributed by atoms with E-state index in [-0.39, 0.29) is 19.1 Å². The Labute approximate surface area is 174 Å². The second kappa shape index (κ2) is 7.67. The molecule has 0 radical (unpaired) electrons. The van der Waals surface area contributed by atoms with E-state index in [0.717, 1.165) is 22.3 Å². The van der Waals surface area contributed by atoms with E-state index in [1.54, 1.807) is 0 Å². The molecule has 30 heavy (non-hydrogen) atoms. The molecule has 2 heterocycles. The number of anilines is 1. The lowest BCUT2D eigenvalue weighted by Crippen LogP contribution is -2.49. The molecule has 0 spiro atoms. The van der Waals surface area contributed by atoms with Gasteiger partial charge in [-0.2, -0.15) is 0 Å². The number of hydrogen-bond acceptors (Lipinski definition) is 4. The first-order valence-electron chi connectivity index (χ1n) is 9.76. The van der Waals surface area contributed by atoms with Crippen LogP contribution >= 0.6 is 0 Å².